The lowest BCUT2D eigenvalue weighted by Crippen LogP contribution is -2.37. The summed E-state index contributed by atoms with van der Waals surface area (Å²) in [7, 11) is 1.67. The van der Waals surface area contributed by atoms with Gasteiger partial charge in [-0.3, -0.25) is 0 Å². The summed E-state index contributed by atoms with van der Waals surface area (Å²) in [4.78, 5) is 11.6. The quantitative estimate of drug-likeness (QED) is 0.828. The summed E-state index contributed by atoms with van der Waals surface area (Å²) >= 11 is 0. The molecule has 5 nitrogen and oxygen atoms in total. The van der Waals surface area contributed by atoms with E-state index in [1.807, 2.05) is 6.92 Å². The van der Waals surface area contributed by atoms with Gasteiger partial charge < -0.3 is 14.1 Å². The first-order valence-corrected chi connectivity index (χ1v) is 8.79. The van der Waals surface area contributed by atoms with E-state index in [-0.39, 0.29) is 6.04 Å². The number of aromatic nitrogens is 2. The Morgan fingerprint density at radius 3 is 2.88 bits per heavy atom. The zero-order valence-corrected chi connectivity index (χ0v) is 15.1. The number of nitrogens with zero attached hydrogens (tertiary/aromatic N) is 3. The summed E-state index contributed by atoms with van der Waals surface area (Å²) in [5.74, 6) is 4.48. The van der Waals surface area contributed by atoms with Crippen molar-refractivity contribution in [1.29, 1.82) is 0 Å². The zero-order chi connectivity index (χ0) is 17.1. The van der Waals surface area contributed by atoms with E-state index in [0.717, 1.165) is 48.2 Å². The third kappa shape index (κ3) is 3.61. The fourth-order valence-electron chi connectivity index (χ4n) is 3.40. The number of ether oxygens (including phenoxy) is 1. The third-order valence-corrected chi connectivity index (χ3v) is 4.68. The van der Waals surface area contributed by atoms with Crippen molar-refractivity contribution in [3.63, 3.8) is 0 Å². The monoisotopic (exact) mass is 329 g/mol. The molecule has 2 unspecified atom stereocenters. The molecule has 0 aliphatic carbocycles. The molecule has 0 N–H and O–H groups in total. The van der Waals surface area contributed by atoms with Crippen molar-refractivity contribution in [2.75, 3.05) is 18.6 Å². The second-order valence-electron chi connectivity index (χ2n) is 6.71. The Labute approximate surface area is 144 Å². The van der Waals surface area contributed by atoms with Crippen molar-refractivity contribution in [3.05, 3.63) is 41.2 Å². The number of piperidine rings is 1. The molecule has 3 rings (SSSR count). The van der Waals surface area contributed by atoms with Crippen LogP contribution in [0.25, 0.3) is 0 Å². The van der Waals surface area contributed by atoms with E-state index >= 15 is 0 Å². The molecule has 1 aliphatic heterocycles. The molecule has 2 aromatic rings. The van der Waals surface area contributed by atoms with Crippen LogP contribution in [-0.4, -0.2) is 23.6 Å². The molecule has 0 amide bonds. The Morgan fingerprint density at radius 2 is 2.17 bits per heavy atom. The molecule has 2 aromatic heterocycles. The second-order valence-corrected chi connectivity index (χ2v) is 6.71. The summed E-state index contributed by atoms with van der Waals surface area (Å²) in [6.07, 6.45) is 3.17. The highest BCUT2D eigenvalue weighted by molar-refractivity contribution is 5.43. The molecule has 3 heterocycles. The van der Waals surface area contributed by atoms with Gasteiger partial charge in [0.15, 0.2) is 5.82 Å². The Balaban J connectivity index is 1.94. The highest BCUT2D eigenvalue weighted by Gasteiger charge is 2.31. The normalized spacial score (nSPS) is 21.2. The van der Waals surface area contributed by atoms with Crippen molar-refractivity contribution in [2.24, 2.45) is 5.92 Å². The first kappa shape index (κ1) is 17.0. The molecular weight excluding hydrogens is 302 g/mol. The number of anilines is 1. The van der Waals surface area contributed by atoms with Crippen LogP contribution in [-0.2, 0) is 17.8 Å². The minimum Gasteiger partial charge on any atom is -0.464 e. The zero-order valence-electron chi connectivity index (χ0n) is 15.1. The number of hydrogen-bond donors (Lipinski definition) is 0. The predicted molar refractivity (Wildman–Crippen MR) is 94.1 cm³/mol. The Morgan fingerprint density at radius 1 is 1.33 bits per heavy atom. The summed E-state index contributed by atoms with van der Waals surface area (Å²) in [5.41, 5.74) is 0.970. The lowest BCUT2D eigenvalue weighted by molar-refractivity contribution is 0.177. The van der Waals surface area contributed by atoms with Crippen LogP contribution >= 0.6 is 0 Å². The fourth-order valence-corrected chi connectivity index (χ4v) is 3.40. The van der Waals surface area contributed by atoms with Gasteiger partial charge in [-0.05, 0) is 37.8 Å². The van der Waals surface area contributed by atoms with Crippen LogP contribution in [0.4, 0.5) is 5.82 Å². The molecule has 0 bridgehead atoms. The third-order valence-electron chi connectivity index (χ3n) is 4.68. The van der Waals surface area contributed by atoms with Gasteiger partial charge in [-0.2, -0.15) is 0 Å². The lowest BCUT2D eigenvalue weighted by atomic mass is 9.91. The Bertz CT molecular complexity index is 683. The smallest absolute Gasteiger partial charge is 0.156 e. The lowest BCUT2D eigenvalue weighted by Gasteiger charge is -2.38. The highest BCUT2D eigenvalue weighted by atomic mass is 16.5. The summed E-state index contributed by atoms with van der Waals surface area (Å²) in [6.45, 7) is 7.86. The number of hydrogen-bond acceptors (Lipinski definition) is 5. The van der Waals surface area contributed by atoms with Crippen molar-refractivity contribution in [2.45, 2.75) is 52.7 Å². The van der Waals surface area contributed by atoms with Gasteiger partial charge in [0.05, 0.1) is 6.04 Å². The van der Waals surface area contributed by atoms with E-state index in [4.69, 9.17) is 14.1 Å². The van der Waals surface area contributed by atoms with E-state index in [9.17, 15) is 0 Å². The average molecular weight is 329 g/mol. The molecule has 2 atom stereocenters. The van der Waals surface area contributed by atoms with Gasteiger partial charge in [0.1, 0.15) is 23.9 Å². The number of methoxy groups -OCH3 is 1. The first-order valence-electron chi connectivity index (χ1n) is 8.79. The van der Waals surface area contributed by atoms with Crippen LogP contribution in [0, 0.1) is 12.8 Å². The number of rotatable bonds is 5. The van der Waals surface area contributed by atoms with Crippen LogP contribution in [0.5, 0.6) is 0 Å². The number of aryl methyl sites for hydroxylation is 2. The van der Waals surface area contributed by atoms with Gasteiger partial charge in [-0.15, -0.1) is 0 Å². The van der Waals surface area contributed by atoms with Gasteiger partial charge in [0, 0.05) is 31.8 Å². The van der Waals surface area contributed by atoms with Gasteiger partial charge >= 0.3 is 0 Å². The summed E-state index contributed by atoms with van der Waals surface area (Å²) in [6, 6.07) is 6.51. The van der Waals surface area contributed by atoms with E-state index < -0.39 is 0 Å². The minimum absolute atomic E-state index is 0.235. The molecule has 0 radical (unpaired) electrons. The topological polar surface area (TPSA) is 51.4 Å². The summed E-state index contributed by atoms with van der Waals surface area (Å²) < 4.78 is 11.3. The molecule has 1 aliphatic rings. The van der Waals surface area contributed by atoms with E-state index in [2.05, 4.69) is 41.9 Å². The largest absolute Gasteiger partial charge is 0.464 e. The van der Waals surface area contributed by atoms with Gasteiger partial charge in [-0.25, -0.2) is 9.97 Å². The maximum atomic E-state index is 6.07. The van der Waals surface area contributed by atoms with E-state index in [1.54, 1.807) is 7.11 Å². The van der Waals surface area contributed by atoms with Crippen molar-refractivity contribution < 1.29 is 9.15 Å². The SMILES string of the molecule is CCc1ccc(C2CC(C)CCN2c2cc(C)nc(COC)n2)o1. The first-order chi connectivity index (χ1) is 11.6. The second kappa shape index (κ2) is 7.34. The predicted octanol–water partition coefficient (Wildman–Crippen LogP) is 4.06. The van der Waals surface area contributed by atoms with Crippen LogP contribution in [0.2, 0.25) is 0 Å². The van der Waals surface area contributed by atoms with Crippen LogP contribution in [0.1, 0.15) is 55.8 Å². The Hall–Kier alpha value is -1.88. The highest BCUT2D eigenvalue weighted by Crippen LogP contribution is 2.37. The fraction of sp³-hybridized carbons (Fsp3) is 0.579. The Kier molecular flexibility index (Phi) is 5.19. The maximum absolute atomic E-state index is 6.07. The van der Waals surface area contributed by atoms with Crippen LogP contribution in [0.15, 0.2) is 22.6 Å². The van der Waals surface area contributed by atoms with Crippen LogP contribution < -0.4 is 4.90 Å². The molecular formula is C19H27N3O2. The molecule has 1 saturated heterocycles. The van der Waals surface area contributed by atoms with Gasteiger partial charge in [0.2, 0.25) is 0 Å². The molecule has 130 valence electrons. The molecule has 0 spiro atoms. The molecule has 5 heteroatoms. The van der Waals surface area contributed by atoms with E-state index in [1.165, 1.54) is 6.42 Å². The molecule has 0 aromatic carbocycles. The van der Waals surface area contributed by atoms with Crippen molar-refractivity contribution >= 4 is 5.82 Å². The standard InChI is InChI=1S/C19H27N3O2/c1-5-15-6-7-17(24-15)16-10-13(2)8-9-22(16)19-11-14(3)20-18(21-19)12-23-4/h6-7,11,13,16H,5,8-10,12H2,1-4H3. The minimum atomic E-state index is 0.235. The molecule has 1 fully saturated rings. The van der Waals surface area contributed by atoms with Gasteiger partial charge in [-0.1, -0.05) is 13.8 Å². The summed E-state index contributed by atoms with van der Waals surface area (Å²) in [5, 5.41) is 0. The average Bonchev–Trinajstić information content (AvgIpc) is 3.03. The number of furan rings is 1. The molecule has 24 heavy (non-hydrogen) atoms. The van der Waals surface area contributed by atoms with Crippen molar-refractivity contribution in [1.82, 2.24) is 9.97 Å². The van der Waals surface area contributed by atoms with Gasteiger partial charge in [0.25, 0.3) is 0 Å². The van der Waals surface area contributed by atoms with Crippen LogP contribution in [0.3, 0.4) is 0 Å². The van der Waals surface area contributed by atoms with E-state index in [0.29, 0.717) is 12.5 Å². The molecule has 0 saturated carbocycles. The van der Waals surface area contributed by atoms with Crippen molar-refractivity contribution in [3.8, 4) is 0 Å². The maximum Gasteiger partial charge on any atom is 0.156 e.